The Balaban J connectivity index is 1.41. The minimum absolute atomic E-state index is 0.0182. The molecule has 1 aliphatic rings. The molecule has 3 rings (SSSR count). The predicted molar refractivity (Wildman–Crippen MR) is 90.7 cm³/mol. The number of hydrogen-bond acceptors (Lipinski definition) is 4. The van der Waals surface area contributed by atoms with Gasteiger partial charge in [-0.3, -0.25) is 4.79 Å². The van der Waals surface area contributed by atoms with Crippen LogP contribution in [0.5, 0.6) is 17.2 Å². The summed E-state index contributed by atoms with van der Waals surface area (Å²) in [4.78, 5) is 11.9. The molecule has 0 radical (unpaired) electrons. The van der Waals surface area contributed by atoms with Crippen LogP contribution < -0.4 is 19.5 Å². The molecule has 0 unspecified atom stereocenters. The average molecular weight is 327 g/mol. The third-order valence-corrected chi connectivity index (χ3v) is 3.80. The van der Waals surface area contributed by atoms with E-state index in [9.17, 15) is 4.79 Å². The first-order valence-corrected chi connectivity index (χ1v) is 8.11. The Labute approximate surface area is 141 Å². The Morgan fingerprint density at radius 3 is 2.67 bits per heavy atom. The molecule has 1 aliphatic heterocycles. The standard InChI is InChI=1S/C19H21NO4/c1-2-14-7-9-15(10-8-14)22-13-19(21)20-11-16-12-23-17-5-3-4-6-18(17)24-16/h3-10,16H,2,11-13H2,1H3,(H,20,21)/t16-/m1/s1. The Morgan fingerprint density at radius 1 is 1.17 bits per heavy atom. The molecule has 0 fully saturated rings. The molecular formula is C19H21NO4. The number of hydrogen-bond donors (Lipinski definition) is 1. The number of benzene rings is 2. The fourth-order valence-electron chi connectivity index (χ4n) is 2.41. The number of nitrogens with one attached hydrogen (secondary N) is 1. The lowest BCUT2D eigenvalue weighted by molar-refractivity contribution is -0.123. The number of aryl methyl sites for hydroxylation is 1. The molecule has 0 saturated carbocycles. The molecule has 2 aromatic rings. The van der Waals surface area contributed by atoms with Crippen LogP contribution in [0.3, 0.4) is 0 Å². The van der Waals surface area contributed by atoms with Gasteiger partial charge in [-0.25, -0.2) is 0 Å². The van der Waals surface area contributed by atoms with E-state index in [0.717, 1.165) is 12.2 Å². The van der Waals surface area contributed by atoms with E-state index in [2.05, 4.69) is 12.2 Å². The first-order chi connectivity index (χ1) is 11.7. The number of ether oxygens (including phenoxy) is 3. The molecule has 1 heterocycles. The first-order valence-electron chi connectivity index (χ1n) is 8.11. The van der Waals surface area contributed by atoms with Crippen molar-refractivity contribution < 1.29 is 19.0 Å². The molecule has 1 N–H and O–H groups in total. The van der Waals surface area contributed by atoms with Crippen LogP contribution in [0.15, 0.2) is 48.5 Å². The van der Waals surface area contributed by atoms with E-state index in [1.807, 2.05) is 48.5 Å². The highest BCUT2D eigenvalue weighted by Crippen LogP contribution is 2.30. The van der Waals surface area contributed by atoms with E-state index in [1.54, 1.807) is 0 Å². The zero-order valence-electron chi connectivity index (χ0n) is 13.7. The molecule has 2 aromatic carbocycles. The Kier molecular flexibility index (Phi) is 5.21. The van der Waals surface area contributed by atoms with E-state index >= 15 is 0 Å². The van der Waals surface area contributed by atoms with Gasteiger partial charge in [0.25, 0.3) is 5.91 Å². The summed E-state index contributed by atoms with van der Waals surface area (Å²) in [6, 6.07) is 15.3. The summed E-state index contributed by atoms with van der Waals surface area (Å²) >= 11 is 0. The molecule has 1 amide bonds. The summed E-state index contributed by atoms with van der Waals surface area (Å²) in [5.41, 5.74) is 1.24. The quantitative estimate of drug-likeness (QED) is 0.886. The average Bonchev–Trinajstić information content (AvgIpc) is 2.65. The van der Waals surface area contributed by atoms with Gasteiger partial charge in [0, 0.05) is 0 Å². The van der Waals surface area contributed by atoms with E-state index in [-0.39, 0.29) is 18.6 Å². The topological polar surface area (TPSA) is 56.8 Å². The van der Waals surface area contributed by atoms with Crippen LogP contribution in [0, 0.1) is 0 Å². The second kappa shape index (κ2) is 7.73. The maximum absolute atomic E-state index is 11.9. The Morgan fingerprint density at radius 2 is 1.92 bits per heavy atom. The van der Waals surface area contributed by atoms with Crippen LogP contribution in [0.1, 0.15) is 12.5 Å². The highest BCUT2D eigenvalue weighted by Gasteiger charge is 2.20. The fraction of sp³-hybridized carbons (Fsp3) is 0.316. The minimum Gasteiger partial charge on any atom is -0.486 e. The molecule has 0 spiro atoms. The van der Waals surface area contributed by atoms with Crippen LogP contribution >= 0.6 is 0 Å². The molecule has 0 aliphatic carbocycles. The van der Waals surface area contributed by atoms with Gasteiger partial charge in [0.1, 0.15) is 18.5 Å². The summed E-state index contributed by atoms with van der Waals surface area (Å²) in [5.74, 6) is 1.94. The molecule has 0 aromatic heterocycles. The van der Waals surface area contributed by atoms with Crippen molar-refractivity contribution in [2.75, 3.05) is 19.8 Å². The van der Waals surface area contributed by atoms with Crippen molar-refractivity contribution in [1.82, 2.24) is 5.32 Å². The van der Waals surface area contributed by atoms with Crippen molar-refractivity contribution in [3.63, 3.8) is 0 Å². The van der Waals surface area contributed by atoms with Gasteiger partial charge >= 0.3 is 0 Å². The monoisotopic (exact) mass is 327 g/mol. The van der Waals surface area contributed by atoms with Crippen molar-refractivity contribution >= 4 is 5.91 Å². The van der Waals surface area contributed by atoms with Crippen molar-refractivity contribution in [2.45, 2.75) is 19.4 Å². The lowest BCUT2D eigenvalue weighted by atomic mass is 10.2. The van der Waals surface area contributed by atoms with Crippen molar-refractivity contribution in [3.05, 3.63) is 54.1 Å². The van der Waals surface area contributed by atoms with Gasteiger partial charge in [-0.2, -0.15) is 0 Å². The van der Waals surface area contributed by atoms with E-state index in [4.69, 9.17) is 14.2 Å². The smallest absolute Gasteiger partial charge is 0.258 e. The maximum Gasteiger partial charge on any atom is 0.258 e. The zero-order valence-corrected chi connectivity index (χ0v) is 13.7. The van der Waals surface area contributed by atoms with Gasteiger partial charge in [0.2, 0.25) is 0 Å². The molecule has 5 nitrogen and oxygen atoms in total. The van der Waals surface area contributed by atoms with Crippen molar-refractivity contribution in [2.24, 2.45) is 0 Å². The summed E-state index contributed by atoms with van der Waals surface area (Å²) < 4.78 is 16.9. The van der Waals surface area contributed by atoms with Gasteiger partial charge in [-0.1, -0.05) is 31.2 Å². The van der Waals surface area contributed by atoms with Crippen LogP contribution in [-0.2, 0) is 11.2 Å². The summed E-state index contributed by atoms with van der Waals surface area (Å²) in [6.07, 6.45) is 0.778. The molecule has 0 bridgehead atoms. The van der Waals surface area contributed by atoms with Crippen LogP contribution in [0.25, 0.3) is 0 Å². The van der Waals surface area contributed by atoms with Crippen molar-refractivity contribution in [3.8, 4) is 17.2 Å². The van der Waals surface area contributed by atoms with Gasteiger partial charge in [-0.15, -0.1) is 0 Å². The summed E-state index contributed by atoms with van der Waals surface area (Å²) in [6.45, 7) is 2.87. The van der Waals surface area contributed by atoms with Gasteiger partial charge in [-0.05, 0) is 36.2 Å². The summed E-state index contributed by atoms with van der Waals surface area (Å²) in [7, 11) is 0. The Bertz CT molecular complexity index is 684. The van der Waals surface area contributed by atoms with Crippen LogP contribution in [-0.4, -0.2) is 31.8 Å². The second-order valence-corrected chi connectivity index (χ2v) is 5.59. The molecule has 1 atom stereocenters. The number of rotatable bonds is 6. The largest absolute Gasteiger partial charge is 0.486 e. The van der Waals surface area contributed by atoms with Crippen molar-refractivity contribution in [1.29, 1.82) is 0 Å². The highest BCUT2D eigenvalue weighted by molar-refractivity contribution is 5.77. The molecule has 0 saturated heterocycles. The first kappa shape index (κ1) is 16.2. The van der Waals surface area contributed by atoms with Crippen LogP contribution in [0.4, 0.5) is 0 Å². The minimum atomic E-state index is -0.201. The number of carbonyl (C=O) groups excluding carboxylic acids is 1. The number of para-hydroxylation sites is 2. The Hall–Kier alpha value is -2.69. The molecular weight excluding hydrogens is 306 g/mol. The van der Waals surface area contributed by atoms with Gasteiger partial charge < -0.3 is 19.5 Å². The number of fused-ring (bicyclic) bond motifs is 1. The van der Waals surface area contributed by atoms with Gasteiger partial charge in [0.05, 0.1) is 6.54 Å². The van der Waals surface area contributed by atoms with E-state index in [0.29, 0.717) is 24.7 Å². The van der Waals surface area contributed by atoms with Gasteiger partial charge in [0.15, 0.2) is 18.1 Å². The summed E-state index contributed by atoms with van der Waals surface area (Å²) in [5, 5.41) is 2.81. The fourth-order valence-corrected chi connectivity index (χ4v) is 2.41. The third-order valence-electron chi connectivity index (χ3n) is 3.80. The molecule has 5 heteroatoms. The number of amides is 1. The second-order valence-electron chi connectivity index (χ2n) is 5.59. The SMILES string of the molecule is CCc1ccc(OCC(=O)NC[C@@H]2COc3ccccc3O2)cc1. The third kappa shape index (κ3) is 4.19. The number of carbonyl (C=O) groups is 1. The van der Waals surface area contributed by atoms with E-state index in [1.165, 1.54) is 5.56 Å². The highest BCUT2D eigenvalue weighted by atomic mass is 16.6. The predicted octanol–water partition coefficient (Wildman–Crippen LogP) is 2.58. The normalized spacial score (nSPS) is 15.6. The van der Waals surface area contributed by atoms with Crippen LogP contribution in [0.2, 0.25) is 0 Å². The maximum atomic E-state index is 11.9. The molecule has 24 heavy (non-hydrogen) atoms. The zero-order chi connectivity index (χ0) is 16.8. The van der Waals surface area contributed by atoms with E-state index < -0.39 is 0 Å². The molecule has 126 valence electrons. The lowest BCUT2D eigenvalue weighted by Crippen LogP contribution is -2.42. The lowest BCUT2D eigenvalue weighted by Gasteiger charge is -2.26.